The topological polar surface area (TPSA) is 73.3 Å². The average Bonchev–Trinajstić information content (AvgIpc) is 3.09. The van der Waals surface area contributed by atoms with E-state index in [1.165, 1.54) is 42.5 Å². The molecule has 3 rings (SSSR count). The van der Waals surface area contributed by atoms with Gasteiger partial charge in [-0.1, -0.05) is 6.07 Å². The number of nitrogens with zero attached hydrogens (tertiary/aromatic N) is 1. The number of benzene rings is 2. The fraction of sp³-hybridized carbons (Fsp3) is 0.0500. The van der Waals surface area contributed by atoms with Gasteiger partial charge in [-0.15, -0.1) is 0 Å². The summed E-state index contributed by atoms with van der Waals surface area (Å²) >= 11 is 0. The van der Waals surface area contributed by atoms with E-state index < -0.39 is 10.7 Å². The normalized spacial score (nSPS) is 11.0. The molecule has 1 aromatic heterocycles. The molecule has 2 aromatic carbocycles. The van der Waals surface area contributed by atoms with Crippen LogP contribution in [0, 0.1) is 22.9 Å². The minimum absolute atomic E-state index is 0.0442. The highest BCUT2D eigenvalue weighted by atomic mass is 19.1. The lowest BCUT2D eigenvalue weighted by Crippen LogP contribution is -1.93. The van der Waals surface area contributed by atoms with Gasteiger partial charge in [-0.2, -0.15) is 0 Å². The molecule has 26 heavy (non-hydrogen) atoms. The first-order valence-corrected chi connectivity index (χ1v) is 7.77. The molecule has 130 valence electrons. The van der Waals surface area contributed by atoms with E-state index in [0.29, 0.717) is 22.6 Å². The summed E-state index contributed by atoms with van der Waals surface area (Å²) in [5.41, 5.74) is 1.45. The Balaban J connectivity index is 1.83. The van der Waals surface area contributed by atoms with E-state index in [0.717, 1.165) is 5.56 Å². The lowest BCUT2D eigenvalue weighted by atomic mass is 10.1. The maximum absolute atomic E-state index is 12.9. The molecule has 0 aliphatic carbocycles. The molecule has 0 spiro atoms. The Morgan fingerprint density at radius 1 is 1.12 bits per heavy atom. The van der Waals surface area contributed by atoms with E-state index in [1.807, 2.05) is 0 Å². The third-order valence-corrected chi connectivity index (χ3v) is 3.77. The highest BCUT2D eigenvalue weighted by Gasteiger charge is 2.18. The Morgan fingerprint density at radius 2 is 1.85 bits per heavy atom. The van der Waals surface area contributed by atoms with Crippen molar-refractivity contribution in [1.29, 1.82) is 0 Å². The Kier molecular flexibility index (Phi) is 4.75. The molecule has 0 radical (unpaired) electrons. The molecule has 0 fully saturated rings. The summed E-state index contributed by atoms with van der Waals surface area (Å²) in [5.74, 6) is 0.00100. The number of halogens is 1. The van der Waals surface area contributed by atoms with Crippen LogP contribution in [-0.4, -0.2) is 10.7 Å². The van der Waals surface area contributed by atoms with Gasteiger partial charge in [0, 0.05) is 11.6 Å². The molecule has 3 aromatic rings. The van der Waals surface area contributed by atoms with Crippen molar-refractivity contribution in [2.75, 3.05) is 0 Å². The van der Waals surface area contributed by atoms with Gasteiger partial charge in [0.15, 0.2) is 5.78 Å². The minimum atomic E-state index is -0.460. The van der Waals surface area contributed by atoms with E-state index in [1.54, 1.807) is 31.2 Å². The Bertz CT molecular complexity index is 1000. The standard InChI is InChI=1S/C20H14FNO4/c1-13-2-9-17(18(12-13)22(24)25)20-11-8-16(26-20)7-10-19(23)14-3-5-15(21)6-4-14/h2-12H,1H3/b10-7+. The summed E-state index contributed by atoms with van der Waals surface area (Å²) in [4.78, 5) is 22.8. The van der Waals surface area contributed by atoms with Crippen LogP contribution < -0.4 is 0 Å². The molecular weight excluding hydrogens is 337 g/mol. The van der Waals surface area contributed by atoms with Crippen LogP contribution in [0.2, 0.25) is 0 Å². The number of ketones is 1. The van der Waals surface area contributed by atoms with Crippen molar-refractivity contribution in [3.05, 3.63) is 93.5 Å². The zero-order valence-electron chi connectivity index (χ0n) is 13.8. The van der Waals surface area contributed by atoms with Gasteiger partial charge >= 0.3 is 0 Å². The second-order valence-electron chi connectivity index (χ2n) is 5.68. The highest BCUT2D eigenvalue weighted by Crippen LogP contribution is 2.32. The fourth-order valence-electron chi connectivity index (χ4n) is 2.46. The Hall–Kier alpha value is -3.54. The molecule has 6 heteroatoms. The average molecular weight is 351 g/mol. The van der Waals surface area contributed by atoms with E-state index >= 15 is 0 Å². The molecule has 0 amide bonds. The molecule has 0 N–H and O–H groups in total. The summed E-state index contributed by atoms with van der Waals surface area (Å²) in [7, 11) is 0. The van der Waals surface area contributed by atoms with Crippen molar-refractivity contribution in [3.63, 3.8) is 0 Å². The number of nitro benzene ring substituents is 1. The van der Waals surface area contributed by atoms with E-state index in [-0.39, 0.29) is 11.5 Å². The largest absolute Gasteiger partial charge is 0.456 e. The predicted octanol–water partition coefficient (Wildman–Crippen LogP) is 5.20. The summed E-state index contributed by atoms with van der Waals surface area (Å²) in [6.07, 6.45) is 2.77. The van der Waals surface area contributed by atoms with Crippen LogP contribution in [-0.2, 0) is 0 Å². The third kappa shape index (κ3) is 3.75. The Labute approximate surface area is 148 Å². The number of rotatable bonds is 5. The van der Waals surface area contributed by atoms with Gasteiger partial charge in [0.25, 0.3) is 5.69 Å². The zero-order valence-corrected chi connectivity index (χ0v) is 13.8. The molecule has 0 aliphatic heterocycles. The minimum Gasteiger partial charge on any atom is -0.456 e. The maximum Gasteiger partial charge on any atom is 0.280 e. The molecule has 1 heterocycles. The van der Waals surface area contributed by atoms with Gasteiger partial charge < -0.3 is 4.42 Å². The first kappa shape index (κ1) is 17.3. The molecule has 0 saturated heterocycles. The van der Waals surface area contributed by atoms with Gasteiger partial charge in [-0.25, -0.2) is 4.39 Å². The summed E-state index contributed by atoms with van der Waals surface area (Å²) in [5, 5.41) is 11.2. The highest BCUT2D eigenvalue weighted by molar-refractivity contribution is 6.06. The van der Waals surface area contributed by atoms with E-state index in [2.05, 4.69) is 0 Å². The zero-order chi connectivity index (χ0) is 18.7. The number of carbonyl (C=O) groups excluding carboxylic acids is 1. The van der Waals surface area contributed by atoms with Crippen LogP contribution >= 0.6 is 0 Å². The van der Waals surface area contributed by atoms with Crippen molar-refractivity contribution in [2.24, 2.45) is 0 Å². The lowest BCUT2D eigenvalue weighted by molar-refractivity contribution is -0.384. The lowest BCUT2D eigenvalue weighted by Gasteiger charge is -2.01. The predicted molar refractivity (Wildman–Crippen MR) is 95.3 cm³/mol. The summed E-state index contributed by atoms with van der Waals surface area (Å²) in [6.45, 7) is 1.77. The van der Waals surface area contributed by atoms with Crippen LogP contribution in [0.3, 0.4) is 0 Å². The molecule has 5 nitrogen and oxygen atoms in total. The second kappa shape index (κ2) is 7.14. The quantitative estimate of drug-likeness (QED) is 0.274. The number of hydrogen-bond donors (Lipinski definition) is 0. The Morgan fingerprint density at radius 3 is 2.54 bits per heavy atom. The molecule has 0 unspecified atom stereocenters. The van der Waals surface area contributed by atoms with Gasteiger partial charge in [0.2, 0.25) is 0 Å². The van der Waals surface area contributed by atoms with Crippen molar-refractivity contribution in [1.82, 2.24) is 0 Å². The SMILES string of the molecule is Cc1ccc(-c2ccc(/C=C/C(=O)c3ccc(F)cc3)o2)c([N+](=O)[O-])c1. The second-order valence-corrected chi connectivity index (χ2v) is 5.68. The van der Waals surface area contributed by atoms with Crippen LogP contribution in [0.15, 0.2) is 65.1 Å². The smallest absolute Gasteiger partial charge is 0.280 e. The van der Waals surface area contributed by atoms with Crippen molar-refractivity contribution in [2.45, 2.75) is 6.92 Å². The summed E-state index contributed by atoms with van der Waals surface area (Å²) in [6, 6.07) is 13.3. The number of allylic oxidation sites excluding steroid dienone is 1. The van der Waals surface area contributed by atoms with Crippen molar-refractivity contribution >= 4 is 17.5 Å². The van der Waals surface area contributed by atoms with Crippen molar-refractivity contribution in [3.8, 4) is 11.3 Å². The number of aryl methyl sites for hydroxylation is 1. The number of hydrogen-bond acceptors (Lipinski definition) is 4. The van der Waals surface area contributed by atoms with Crippen LogP contribution in [0.4, 0.5) is 10.1 Å². The maximum atomic E-state index is 12.9. The molecule has 0 aliphatic rings. The number of carbonyl (C=O) groups is 1. The van der Waals surface area contributed by atoms with Crippen LogP contribution in [0.25, 0.3) is 17.4 Å². The van der Waals surface area contributed by atoms with Gasteiger partial charge in [0.05, 0.1) is 10.5 Å². The third-order valence-electron chi connectivity index (χ3n) is 3.77. The van der Waals surface area contributed by atoms with Gasteiger partial charge in [-0.05, 0) is 67.1 Å². The number of furan rings is 1. The fourth-order valence-corrected chi connectivity index (χ4v) is 2.46. The number of nitro groups is 1. The first-order valence-electron chi connectivity index (χ1n) is 7.77. The summed E-state index contributed by atoms with van der Waals surface area (Å²) < 4.78 is 18.5. The van der Waals surface area contributed by atoms with E-state index in [4.69, 9.17) is 4.42 Å². The molecular formula is C20H14FNO4. The van der Waals surface area contributed by atoms with Crippen LogP contribution in [0.1, 0.15) is 21.7 Å². The monoisotopic (exact) mass is 351 g/mol. The van der Waals surface area contributed by atoms with Gasteiger partial charge in [0.1, 0.15) is 17.3 Å². The van der Waals surface area contributed by atoms with Gasteiger partial charge in [-0.3, -0.25) is 14.9 Å². The first-order chi connectivity index (χ1) is 12.4. The van der Waals surface area contributed by atoms with Crippen LogP contribution in [0.5, 0.6) is 0 Å². The molecule has 0 saturated carbocycles. The molecule has 0 bridgehead atoms. The molecule has 0 atom stereocenters. The van der Waals surface area contributed by atoms with E-state index in [9.17, 15) is 19.3 Å². The van der Waals surface area contributed by atoms with Crippen molar-refractivity contribution < 1.29 is 18.5 Å².